The number of benzene rings is 3. The summed E-state index contributed by atoms with van der Waals surface area (Å²) in [4.78, 5) is 32.4. The third-order valence-electron chi connectivity index (χ3n) is 7.33. The number of aromatic nitrogens is 3. The second-order valence-electron chi connectivity index (χ2n) is 11.2. The van der Waals surface area contributed by atoms with Crippen LogP contribution in [0.1, 0.15) is 31.1 Å². The molecule has 0 spiro atoms. The summed E-state index contributed by atoms with van der Waals surface area (Å²) < 4.78 is 7.36. The number of hydrogen-bond donors (Lipinski definition) is 2. The number of H-pyrrole nitrogens is 1. The standard InChI is InChI=1S/C30H32N6O3/c1-30(2,3)39-29(38)36-11-9-35(10-12-36)21-6-7-22-23-14-19(15-24(28(31)37)27(23)33-25(22)16-21)18-5-8-26-20(13-18)17-32-34(26)4/h5-8,13-17,33H,9-12H2,1-4H3,(H2,31,37). The Labute approximate surface area is 226 Å². The van der Waals surface area contributed by atoms with Crippen LogP contribution in [0, 0.1) is 0 Å². The van der Waals surface area contributed by atoms with Crippen LogP contribution in [0.5, 0.6) is 0 Å². The van der Waals surface area contributed by atoms with Gasteiger partial charge in [-0.15, -0.1) is 0 Å². The largest absolute Gasteiger partial charge is 0.444 e. The molecular formula is C30H32N6O3. The molecule has 0 saturated carbocycles. The zero-order valence-electron chi connectivity index (χ0n) is 22.6. The molecule has 0 bridgehead atoms. The zero-order valence-corrected chi connectivity index (χ0v) is 22.6. The molecule has 9 nitrogen and oxygen atoms in total. The average molecular weight is 525 g/mol. The first kappa shape index (κ1) is 24.8. The van der Waals surface area contributed by atoms with Crippen molar-refractivity contribution in [3.8, 4) is 11.1 Å². The van der Waals surface area contributed by atoms with Gasteiger partial charge in [-0.2, -0.15) is 5.10 Å². The van der Waals surface area contributed by atoms with Crippen molar-refractivity contribution in [2.45, 2.75) is 26.4 Å². The fraction of sp³-hybridized carbons (Fsp3) is 0.300. The summed E-state index contributed by atoms with van der Waals surface area (Å²) >= 11 is 0. The van der Waals surface area contributed by atoms with Gasteiger partial charge in [0.05, 0.1) is 22.8 Å². The number of carbonyl (C=O) groups excluding carboxylic acids is 2. The van der Waals surface area contributed by atoms with Crippen LogP contribution >= 0.6 is 0 Å². The van der Waals surface area contributed by atoms with Gasteiger partial charge in [-0.3, -0.25) is 9.48 Å². The first-order valence-electron chi connectivity index (χ1n) is 13.1. The second-order valence-corrected chi connectivity index (χ2v) is 11.2. The highest BCUT2D eigenvalue weighted by Gasteiger charge is 2.26. The van der Waals surface area contributed by atoms with Crippen molar-refractivity contribution < 1.29 is 14.3 Å². The summed E-state index contributed by atoms with van der Waals surface area (Å²) in [6, 6.07) is 16.4. The SMILES string of the molecule is Cn1ncc2cc(-c3cc(C(N)=O)c4[nH]c5cc(N6CCN(C(=O)OC(C)(C)C)CC6)ccc5c4c3)ccc21. The molecule has 0 radical (unpaired) electrons. The number of nitrogens with two attached hydrogens (primary N) is 1. The number of hydrogen-bond acceptors (Lipinski definition) is 5. The molecule has 6 rings (SSSR count). The molecule has 1 fully saturated rings. The molecule has 9 heteroatoms. The van der Waals surface area contributed by atoms with E-state index in [0.29, 0.717) is 31.7 Å². The van der Waals surface area contributed by atoms with Crippen LogP contribution < -0.4 is 10.6 Å². The minimum atomic E-state index is -0.510. The number of aryl methyl sites for hydroxylation is 1. The monoisotopic (exact) mass is 524 g/mol. The normalized spacial score (nSPS) is 14.5. The van der Waals surface area contributed by atoms with Crippen molar-refractivity contribution in [2.24, 2.45) is 12.8 Å². The number of nitrogens with one attached hydrogen (secondary N) is 1. The number of fused-ring (bicyclic) bond motifs is 4. The predicted molar refractivity (Wildman–Crippen MR) is 154 cm³/mol. The quantitative estimate of drug-likeness (QED) is 0.344. The number of aromatic amines is 1. The molecular weight excluding hydrogens is 492 g/mol. The summed E-state index contributed by atoms with van der Waals surface area (Å²) in [5, 5.41) is 7.34. The van der Waals surface area contributed by atoms with Crippen LogP contribution in [0.15, 0.2) is 54.7 Å². The maximum atomic E-state index is 12.5. The lowest BCUT2D eigenvalue weighted by atomic mass is 9.98. The molecule has 1 aliphatic rings. The van der Waals surface area contributed by atoms with Crippen molar-refractivity contribution in [3.63, 3.8) is 0 Å². The zero-order chi connectivity index (χ0) is 27.5. The molecule has 0 atom stereocenters. The van der Waals surface area contributed by atoms with E-state index in [1.165, 1.54) is 0 Å². The lowest BCUT2D eigenvalue weighted by Crippen LogP contribution is -2.50. The molecule has 3 heterocycles. The minimum absolute atomic E-state index is 0.273. The molecule has 200 valence electrons. The molecule has 5 aromatic rings. The Morgan fingerprint density at radius 2 is 1.72 bits per heavy atom. The van der Waals surface area contributed by atoms with E-state index < -0.39 is 11.5 Å². The van der Waals surface area contributed by atoms with Crippen molar-refractivity contribution >= 4 is 50.4 Å². The number of anilines is 1. The van der Waals surface area contributed by atoms with E-state index in [2.05, 4.69) is 45.3 Å². The number of carbonyl (C=O) groups is 2. The summed E-state index contributed by atoms with van der Waals surface area (Å²) in [5.74, 6) is -0.477. The van der Waals surface area contributed by atoms with E-state index in [-0.39, 0.29) is 6.09 Å². The number of piperazine rings is 1. The summed E-state index contributed by atoms with van der Waals surface area (Å²) in [6.45, 7) is 8.23. The third kappa shape index (κ3) is 4.54. The third-order valence-corrected chi connectivity index (χ3v) is 7.33. The van der Waals surface area contributed by atoms with Gasteiger partial charge in [0.1, 0.15) is 5.60 Å². The topological polar surface area (TPSA) is 109 Å². The van der Waals surface area contributed by atoms with Gasteiger partial charge in [0, 0.05) is 60.6 Å². The lowest BCUT2D eigenvalue weighted by molar-refractivity contribution is 0.0240. The van der Waals surface area contributed by atoms with Crippen LogP contribution in [0.4, 0.5) is 10.5 Å². The van der Waals surface area contributed by atoms with Crippen LogP contribution in [0.2, 0.25) is 0 Å². The smallest absolute Gasteiger partial charge is 0.410 e. The lowest BCUT2D eigenvalue weighted by Gasteiger charge is -2.36. The Hall–Kier alpha value is -4.53. The highest BCUT2D eigenvalue weighted by molar-refractivity contribution is 6.16. The summed E-state index contributed by atoms with van der Waals surface area (Å²) in [6.07, 6.45) is 1.57. The van der Waals surface area contributed by atoms with E-state index >= 15 is 0 Å². The predicted octanol–water partition coefficient (Wildman–Crippen LogP) is 5.03. The maximum Gasteiger partial charge on any atom is 0.410 e. The Morgan fingerprint density at radius 3 is 2.44 bits per heavy atom. The number of nitrogens with zero attached hydrogens (tertiary/aromatic N) is 4. The molecule has 0 unspecified atom stereocenters. The van der Waals surface area contributed by atoms with Crippen molar-refractivity contribution in [1.82, 2.24) is 19.7 Å². The van der Waals surface area contributed by atoms with E-state index in [0.717, 1.165) is 49.5 Å². The van der Waals surface area contributed by atoms with Gasteiger partial charge in [0.2, 0.25) is 0 Å². The van der Waals surface area contributed by atoms with E-state index in [1.807, 2.05) is 56.9 Å². The summed E-state index contributed by atoms with van der Waals surface area (Å²) in [7, 11) is 1.92. The van der Waals surface area contributed by atoms with Gasteiger partial charge >= 0.3 is 6.09 Å². The molecule has 39 heavy (non-hydrogen) atoms. The average Bonchev–Trinajstić information content (AvgIpc) is 3.46. The minimum Gasteiger partial charge on any atom is -0.444 e. The number of ether oxygens (including phenoxy) is 1. The molecule has 3 aromatic carbocycles. The van der Waals surface area contributed by atoms with E-state index in [9.17, 15) is 9.59 Å². The molecule has 1 aliphatic heterocycles. The Balaban J connectivity index is 1.33. The van der Waals surface area contributed by atoms with Crippen LogP contribution in [-0.4, -0.2) is 63.4 Å². The molecule has 2 amide bonds. The van der Waals surface area contributed by atoms with E-state index in [1.54, 1.807) is 4.90 Å². The van der Waals surface area contributed by atoms with Gasteiger partial charge in [0.25, 0.3) is 5.91 Å². The Morgan fingerprint density at radius 1 is 0.949 bits per heavy atom. The highest BCUT2D eigenvalue weighted by atomic mass is 16.6. The summed E-state index contributed by atoms with van der Waals surface area (Å²) in [5.41, 5.74) is 11.5. The highest BCUT2D eigenvalue weighted by Crippen LogP contribution is 2.35. The van der Waals surface area contributed by atoms with Crippen LogP contribution in [0.25, 0.3) is 43.8 Å². The van der Waals surface area contributed by atoms with Gasteiger partial charge in [-0.25, -0.2) is 4.79 Å². The first-order chi connectivity index (χ1) is 18.6. The number of primary amides is 1. The fourth-order valence-corrected chi connectivity index (χ4v) is 5.37. The molecule has 2 aromatic heterocycles. The van der Waals surface area contributed by atoms with Crippen LogP contribution in [0.3, 0.4) is 0 Å². The number of rotatable bonds is 3. The second kappa shape index (κ2) is 9.04. The Bertz CT molecular complexity index is 1750. The van der Waals surface area contributed by atoms with Gasteiger partial charge in [0.15, 0.2) is 0 Å². The fourth-order valence-electron chi connectivity index (χ4n) is 5.37. The molecule has 0 aliphatic carbocycles. The number of amides is 2. The van der Waals surface area contributed by atoms with Gasteiger partial charge in [-0.05, 0) is 68.3 Å². The van der Waals surface area contributed by atoms with Crippen molar-refractivity contribution in [2.75, 3.05) is 31.1 Å². The van der Waals surface area contributed by atoms with Crippen molar-refractivity contribution in [1.29, 1.82) is 0 Å². The first-order valence-corrected chi connectivity index (χ1v) is 13.1. The van der Waals surface area contributed by atoms with E-state index in [4.69, 9.17) is 10.5 Å². The maximum absolute atomic E-state index is 12.5. The van der Waals surface area contributed by atoms with Gasteiger partial charge < -0.3 is 25.3 Å². The van der Waals surface area contributed by atoms with Crippen molar-refractivity contribution in [3.05, 3.63) is 60.3 Å². The molecule has 1 saturated heterocycles. The van der Waals surface area contributed by atoms with Crippen LogP contribution in [-0.2, 0) is 11.8 Å². The van der Waals surface area contributed by atoms with Gasteiger partial charge in [-0.1, -0.05) is 12.1 Å². The molecule has 3 N–H and O–H groups in total. The Kier molecular flexibility index (Phi) is 5.75.